The van der Waals surface area contributed by atoms with Crippen LogP contribution in [0.1, 0.15) is 6.92 Å². The van der Waals surface area contributed by atoms with Gasteiger partial charge in [-0.2, -0.15) is 0 Å². The highest BCUT2D eigenvalue weighted by molar-refractivity contribution is 9.10. The van der Waals surface area contributed by atoms with E-state index in [2.05, 4.69) is 15.9 Å². The number of hydrogen-bond acceptors (Lipinski definition) is 4. The topological polar surface area (TPSA) is 59.1 Å². The van der Waals surface area contributed by atoms with Gasteiger partial charge in [0.1, 0.15) is 0 Å². The van der Waals surface area contributed by atoms with E-state index in [-0.39, 0.29) is 24.4 Å². The normalized spacial score (nSPS) is 14.6. The van der Waals surface area contributed by atoms with Crippen LogP contribution in [0.3, 0.4) is 0 Å². The third kappa shape index (κ3) is 4.82. The zero-order valence-corrected chi connectivity index (χ0v) is 14.3. The maximum absolute atomic E-state index is 13.6. The third-order valence-electron chi connectivity index (χ3n) is 3.40. The van der Waals surface area contributed by atoms with Gasteiger partial charge in [-0.05, 0) is 25.1 Å². The second-order valence-corrected chi connectivity index (χ2v) is 5.85. The van der Waals surface area contributed by atoms with Crippen molar-refractivity contribution in [1.82, 2.24) is 9.80 Å². The molecule has 1 aliphatic rings. The highest BCUT2D eigenvalue weighted by Gasteiger charge is 2.25. The average molecular weight is 389 g/mol. The van der Waals surface area contributed by atoms with Gasteiger partial charge in [0, 0.05) is 30.7 Å². The Labute approximate surface area is 142 Å². The second-order valence-electron chi connectivity index (χ2n) is 4.93. The van der Waals surface area contributed by atoms with Crippen molar-refractivity contribution < 1.29 is 23.5 Å². The summed E-state index contributed by atoms with van der Waals surface area (Å²) in [5.41, 5.74) is 0. The molecule has 2 amide bonds. The Morgan fingerprint density at radius 1 is 1.22 bits per heavy atom. The van der Waals surface area contributed by atoms with Gasteiger partial charge in [0.05, 0.1) is 6.61 Å². The quantitative estimate of drug-likeness (QED) is 0.793. The summed E-state index contributed by atoms with van der Waals surface area (Å²) in [5.74, 6) is -0.734. The molecule has 0 spiro atoms. The maximum atomic E-state index is 13.6. The number of halogens is 2. The van der Waals surface area contributed by atoms with E-state index in [1.807, 2.05) is 0 Å². The summed E-state index contributed by atoms with van der Waals surface area (Å²) < 4.78 is 24.4. The molecule has 1 aliphatic heterocycles. The Balaban J connectivity index is 1.80. The lowest BCUT2D eigenvalue weighted by molar-refractivity contribution is -0.135. The number of carbonyl (C=O) groups excluding carboxylic acids is 2. The molecule has 0 N–H and O–H groups in total. The molecule has 0 aromatic heterocycles. The smallest absolute Gasteiger partial charge is 0.409 e. The van der Waals surface area contributed by atoms with Crippen molar-refractivity contribution in [2.24, 2.45) is 0 Å². The molecule has 6 nitrogen and oxygen atoms in total. The monoisotopic (exact) mass is 388 g/mol. The van der Waals surface area contributed by atoms with E-state index in [9.17, 15) is 14.0 Å². The highest BCUT2D eigenvalue weighted by atomic mass is 79.9. The number of amides is 2. The lowest BCUT2D eigenvalue weighted by Crippen LogP contribution is -2.51. The summed E-state index contributed by atoms with van der Waals surface area (Å²) in [6.07, 6.45) is -0.368. The molecular formula is C15H18BrFN2O4. The number of piperazine rings is 1. The van der Waals surface area contributed by atoms with Gasteiger partial charge in [0.15, 0.2) is 18.2 Å². The van der Waals surface area contributed by atoms with Crippen LogP contribution in [0.2, 0.25) is 0 Å². The van der Waals surface area contributed by atoms with Gasteiger partial charge in [-0.3, -0.25) is 4.79 Å². The molecule has 0 radical (unpaired) electrons. The van der Waals surface area contributed by atoms with E-state index in [0.717, 1.165) is 0 Å². The van der Waals surface area contributed by atoms with Crippen LogP contribution < -0.4 is 4.74 Å². The first kappa shape index (κ1) is 17.5. The molecule has 1 saturated heterocycles. The van der Waals surface area contributed by atoms with Crippen molar-refractivity contribution in [2.75, 3.05) is 39.4 Å². The zero-order chi connectivity index (χ0) is 16.8. The van der Waals surface area contributed by atoms with Crippen LogP contribution in [0.4, 0.5) is 9.18 Å². The Morgan fingerprint density at radius 3 is 2.48 bits per heavy atom. The van der Waals surface area contributed by atoms with Gasteiger partial charge in [-0.25, -0.2) is 9.18 Å². The van der Waals surface area contributed by atoms with Crippen molar-refractivity contribution in [3.8, 4) is 5.75 Å². The Morgan fingerprint density at radius 2 is 1.87 bits per heavy atom. The summed E-state index contributed by atoms with van der Waals surface area (Å²) in [5, 5.41) is 0. The molecule has 1 heterocycles. The van der Waals surface area contributed by atoms with Crippen molar-refractivity contribution in [3.63, 3.8) is 0 Å². The minimum Gasteiger partial charge on any atom is -0.481 e. The largest absolute Gasteiger partial charge is 0.481 e. The first-order valence-corrected chi connectivity index (χ1v) is 8.08. The lowest BCUT2D eigenvalue weighted by Gasteiger charge is -2.33. The average Bonchev–Trinajstić information content (AvgIpc) is 2.54. The number of carbonyl (C=O) groups is 2. The van der Waals surface area contributed by atoms with E-state index in [0.29, 0.717) is 37.3 Å². The zero-order valence-electron chi connectivity index (χ0n) is 12.8. The molecule has 0 atom stereocenters. The molecule has 0 aliphatic carbocycles. The fraction of sp³-hybridized carbons (Fsp3) is 0.467. The second kappa shape index (κ2) is 8.14. The van der Waals surface area contributed by atoms with Gasteiger partial charge >= 0.3 is 6.09 Å². The molecular weight excluding hydrogens is 371 g/mol. The third-order valence-corrected chi connectivity index (χ3v) is 3.90. The van der Waals surface area contributed by atoms with Crippen LogP contribution in [0.25, 0.3) is 0 Å². The van der Waals surface area contributed by atoms with Crippen LogP contribution in [-0.4, -0.2) is 61.2 Å². The maximum Gasteiger partial charge on any atom is 0.409 e. The van der Waals surface area contributed by atoms with E-state index >= 15 is 0 Å². The molecule has 23 heavy (non-hydrogen) atoms. The predicted molar refractivity (Wildman–Crippen MR) is 84.8 cm³/mol. The Kier molecular flexibility index (Phi) is 6.20. The van der Waals surface area contributed by atoms with Crippen LogP contribution in [0.5, 0.6) is 5.75 Å². The standard InChI is InChI=1S/C15H18BrFN2O4/c1-2-22-15(21)19-7-5-18(6-8-19)14(20)10-23-13-4-3-11(16)9-12(13)17/h3-4,9H,2,5-8,10H2,1H3. The highest BCUT2D eigenvalue weighted by Crippen LogP contribution is 2.21. The fourth-order valence-corrected chi connectivity index (χ4v) is 2.51. The summed E-state index contributed by atoms with van der Waals surface area (Å²) in [4.78, 5) is 26.8. The minimum absolute atomic E-state index is 0.0340. The summed E-state index contributed by atoms with van der Waals surface area (Å²) in [6, 6.07) is 4.38. The van der Waals surface area contributed by atoms with Gasteiger partial charge in [0.2, 0.25) is 0 Å². The molecule has 126 valence electrons. The van der Waals surface area contributed by atoms with Crippen LogP contribution in [0, 0.1) is 5.82 Å². The molecule has 1 aromatic carbocycles. The number of benzene rings is 1. The van der Waals surface area contributed by atoms with Crippen molar-refractivity contribution in [1.29, 1.82) is 0 Å². The van der Waals surface area contributed by atoms with Crippen LogP contribution in [-0.2, 0) is 9.53 Å². The van der Waals surface area contributed by atoms with E-state index < -0.39 is 5.82 Å². The Hall–Kier alpha value is -1.83. The van der Waals surface area contributed by atoms with E-state index in [1.54, 1.807) is 22.8 Å². The number of ether oxygens (including phenoxy) is 2. The fourth-order valence-electron chi connectivity index (χ4n) is 2.18. The van der Waals surface area contributed by atoms with Crippen LogP contribution in [0.15, 0.2) is 22.7 Å². The molecule has 2 rings (SSSR count). The summed E-state index contributed by atoms with van der Waals surface area (Å²) in [7, 11) is 0. The van der Waals surface area contributed by atoms with Crippen molar-refractivity contribution >= 4 is 27.9 Å². The van der Waals surface area contributed by atoms with E-state index in [1.165, 1.54) is 12.1 Å². The molecule has 1 fully saturated rings. The van der Waals surface area contributed by atoms with Crippen molar-refractivity contribution in [3.05, 3.63) is 28.5 Å². The van der Waals surface area contributed by atoms with Crippen molar-refractivity contribution in [2.45, 2.75) is 6.92 Å². The van der Waals surface area contributed by atoms with Gasteiger partial charge in [-0.15, -0.1) is 0 Å². The molecule has 1 aromatic rings. The SMILES string of the molecule is CCOC(=O)N1CCN(C(=O)COc2ccc(Br)cc2F)CC1. The molecule has 0 saturated carbocycles. The molecule has 0 bridgehead atoms. The van der Waals surface area contributed by atoms with Gasteiger partial charge < -0.3 is 19.3 Å². The number of nitrogens with zero attached hydrogens (tertiary/aromatic N) is 2. The van der Waals surface area contributed by atoms with Gasteiger partial charge in [0.25, 0.3) is 5.91 Å². The Bertz CT molecular complexity index is 577. The van der Waals surface area contributed by atoms with E-state index in [4.69, 9.17) is 9.47 Å². The van der Waals surface area contributed by atoms with Gasteiger partial charge in [-0.1, -0.05) is 15.9 Å². The molecule has 8 heteroatoms. The summed E-state index contributed by atoms with van der Waals surface area (Å²) in [6.45, 7) is 3.47. The predicted octanol–water partition coefficient (Wildman–Crippen LogP) is 2.27. The lowest BCUT2D eigenvalue weighted by atomic mass is 10.3. The first-order valence-electron chi connectivity index (χ1n) is 7.28. The molecule has 0 unspecified atom stereocenters. The minimum atomic E-state index is -0.528. The first-order chi connectivity index (χ1) is 11.0. The summed E-state index contributed by atoms with van der Waals surface area (Å²) >= 11 is 3.15. The number of hydrogen-bond donors (Lipinski definition) is 0. The number of rotatable bonds is 4. The van der Waals surface area contributed by atoms with Crippen LogP contribution >= 0.6 is 15.9 Å².